The number of benzene rings is 2. The zero-order chi connectivity index (χ0) is 20.9. The zero-order valence-corrected chi connectivity index (χ0v) is 17.7. The number of aromatic nitrogens is 4. The lowest BCUT2D eigenvalue weighted by molar-refractivity contribution is 0.0946. The topological polar surface area (TPSA) is 72.7 Å². The minimum atomic E-state index is -0.331. The van der Waals surface area contributed by atoms with Crippen LogP contribution in [0.15, 0.2) is 77.8 Å². The van der Waals surface area contributed by atoms with Crippen molar-refractivity contribution in [1.29, 1.82) is 0 Å². The third-order valence-corrected chi connectivity index (χ3v) is 5.43. The standard InChI is InChI=1S/C22H18ClN5OS/c1-30-18-10-8-17(9-11-18)28-21(19-7-2-3-12-24-19)20(26-27-28)22(29)25-14-15-5-4-6-16(23)13-15/h2-13H,14H2,1H3,(H,25,29). The second-order valence-electron chi connectivity index (χ2n) is 6.42. The van der Waals surface area contributed by atoms with Gasteiger partial charge in [-0.3, -0.25) is 9.78 Å². The molecule has 2 aromatic carbocycles. The van der Waals surface area contributed by atoms with Gasteiger partial charge in [0.1, 0.15) is 5.69 Å². The van der Waals surface area contributed by atoms with E-state index in [9.17, 15) is 4.79 Å². The van der Waals surface area contributed by atoms with Gasteiger partial charge in [0.15, 0.2) is 5.69 Å². The van der Waals surface area contributed by atoms with E-state index < -0.39 is 0 Å². The lowest BCUT2D eigenvalue weighted by Gasteiger charge is -2.09. The molecular weight excluding hydrogens is 418 g/mol. The van der Waals surface area contributed by atoms with Crippen molar-refractivity contribution < 1.29 is 4.79 Å². The van der Waals surface area contributed by atoms with Gasteiger partial charge in [-0.05, 0) is 60.4 Å². The molecule has 0 spiro atoms. The Morgan fingerprint density at radius 1 is 1.10 bits per heavy atom. The number of thioether (sulfide) groups is 1. The molecule has 0 unspecified atom stereocenters. The Labute approximate surface area is 183 Å². The van der Waals surface area contributed by atoms with Crippen LogP contribution in [-0.2, 0) is 6.54 Å². The maximum Gasteiger partial charge on any atom is 0.274 e. The first kappa shape index (κ1) is 20.1. The molecule has 0 atom stereocenters. The van der Waals surface area contributed by atoms with E-state index in [0.717, 1.165) is 16.1 Å². The summed E-state index contributed by atoms with van der Waals surface area (Å²) in [5, 5.41) is 11.9. The van der Waals surface area contributed by atoms with Crippen LogP contribution < -0.4 is 5.32 Å². The highest BCUT2D eigenvalue weighted by Crippen LogP contribution is 2.25. The monoisotopic (exact) mass is 435 g/mol. The Bertz CT molecular complexity index is 1160. The van der Waals surface area contributed by atoms with Crippen LogP contribution in [0.3, 0.4) is 0 Å². The number of carbonyl (C=O) groups excluding carboxylic acids is 1. The Morgan fingerprint density at radius 3 is 2.63 bits per heavy atom. The number of hydrogen-bond acceptors (Lipinski definition) is 5. The average molecular weight is 436 g/mol. The Kier molecular flexibility index (Phi) is 6.11. The molecule has 4 rings (SSSR count). The average Bonchev–Trinajstić information content (AvgIpc) is 3.23. The van der Waals surface area contributed by atoms with Crippen molar-refractivity contribution >= 4 is 29.3 Å². The van der Waals surface area contributed by atoms with Crippen molar-refractivity contribution in [2.75, 3.05) is 6.26 Å². The van der Waals surface area contributed by atoms with Gasteiger partial charge in [0.25, 0.3) is 5.91 Å². The van der Waals surface area contributed by atoms with Gasteiger partial charge in [-0.15, -0.1) is 16.9 Å². The summed E-state index contributed by atoms with van der Waals surface area (Å²) in [6.07, 6.45) is 3.70. The molecule has 0 aliphatic rings. The summed E-state index contributed by atoms with van der Waals surface area (Å²) in [5.41, 5.74) is 3.07. The molecule has 4 aromatic rings. The summed E-state index contributed by atoms with van der Waals surface area (Å²) in [6, 6.07) is 20.8. The van der Waals surface area contributed by atoms with E-state index in [-0.39, 0.29) is 11.6 Å². The van der Waals surface area contributed by atoms with Gasteiger partial charge >= 0.3 is 0 Å². The molecule has 30 heavy (non-hydrogen) atoms. The fraction of sp³-hybridized carbons (Fsp3) is 0.0909. The van der Waals surface area contributed by atoms with Gasteiger partial charge in [-0.25, -0.2) is 4.68 Å². The molecule has 0 bridgehead atoms. The van der Waals surface area contributed by atoms with Crippen LogP contribution in [0.5, 0.6) is 0 Å². The molecule has 0 aliphatic carbocycles. The number of nitrogens with one attached hydrogen (secondary N) is 1. The van der Waals surface area contributed by atoms with Crippen molar-refractivity contribution in [3.05, 3.63) is 89.2 Å². The molecular formula is C22H18ClN5OS. The third kappa shape index (κ3) is 4.37. The lowest BCUT2D eigenvalue weighted by Crippen LogP contribution is -2.24. The van der Waals surface area contributed by atoms with E-state index in [1.807, 2.05) is 66.9 Å². The Morgan fingerprint density at radius 2 is 1.93 bits per heavy atom. The molecule has 1 N–H and O–H groups in total. The third-order valence-electron chi connectivity index (χ3n) is 4.45. The number of amides is 1. The van der Waals surface area contributed by atoms with E-state index in [1.54, 1.807) is 28.7 Å². The number of nitrogens with zero attached hydrogens (tertiary/aromatic N) is 4. The van der Waals surface area contributed by atoms with Crippen LogP contribution in [0.1, 0.15) is 16.1 Å². The van der Waals surface area contributed by atoms with E-state index in [1.165, 1.54) is 0 Å². The van der Waals surface area contributed by atoms with E-state index in [4.69, 9.17) is 11.6 Å². The molecule has 8 heteroatoms. The van der Waals surface area contributed by atoms with Gasteiger partial charge < -0.3 is 5.32 Å². The van der Waals surface area contributed by atoms with Gasteiger partial charge in [-0.2, -0.15) is 0 Å². The molecule has 0 saturated carbocycles. The first-order valence-electron chi connectivity index (χ1n) is 9.20. The second-order valence-corrected chi connectivity index (χ2v) is 7.74. The number of hydrogen-bond donors (Lipinski definition) is 1. The number of carbonyl (C=O) groups is 1. The summed E-state index contributed by atoms with van der Waals surface area (Å²) in [6.45, 7) is 0.330. The van der Waals surface area contributed by atoms with Crippen LogP contribution in [0.25, 0.3) is 17.1 Å². The molecule has 0 radical (unpaired) electrons. The molecule has 1 amide bonds. The number of halogens is 1. The predicted octanol–water partition coefficient (Wildman–Crippen LogP) is 4.63. The van der Waals surface area contributed by atoms with Crippen LogP contribution in [0.4, 0.5) is 0 Å². The summed E-state index contributed by atoms with van der Waals surface area (Å²) in [7, 11) is 0. The van der Waals surface area contributed by atoms with Crippen molar-refractivity contribution in [2.45, 2.75) is 11.4 Å². The molecule has 150 valence electrons. The first-order valence-corrected chi connectivity index (χ1v) is 10.8. The Hall–Kier alpha value is -3.16. The highest BCUT2D eigenvalue weighted by atomic mass is 35.5. The molecule has 2 heterocycles. The minimum Gasteiger partial charge on any atom is -0.346 e. The fourth-order valence-corrected chi connectivity index (χ4v) is 3.61. The lowest BCUT2D eigenvalue weighted by atomic mass is 10.2. The van der Waals surface area contributed by atoms with Crippen LogP contribution >= 0.6 is 23.4 Å². The SMILES string of the molecule is CSc1ccc(-n2nnc(C(=O)NCc3cccc(Cl)c3)c2-c2ccccn2)cc1. The maximum absolute atomic E-state index is 13.0. The molecule has 6 nitrogen and oxygen atoms in total. The summed E-state index contributed by atoms with van der Waals surface area (Å²) in [4.78, 5) is 18.5. The zero-order valence-electron chi connectivity index (χ0n) is 16.1. The summed E-state index contributed by atoms with van der Waals surface area (Å²) < 4.78 is 1.64. The van der Waals surface area contributed by atoms with Crippen molar-refractivity contribution in [3.8, 4) is 17.1 Å². The largest absolute Gasteiger partial charge is 0.346 e. The van der Waals surface area contributed by atoms with Gasteiger partial charge in [0.2, 0.25) is 0 Å². The van der Waals surface area contributed by atoms with Crippen LogP contribution in [-0.4, -0.2) is 32.1 Å². The minimum absolute atomic E-state index is 0.213. The fourth-order valence-electron chi connectivity index (χ4n) is 2.98. The normalized spacial score (nSPS) is 10.7. The van der Waals surface area contributed by atoms with Gasteiger partial charge in [0, 0.05) is 22.7 Å². The van der Waals surface area contributed by atoms with Crippen molar-refractivity contribution in [1.82, 2.24) is 25.3 Å². The van der Waals surface area contributed by atoms with E-state index in [2.05, 4.69) is 20.6 Å². The number of pyridine rings is 1. The highest BCUT2D eigenvalue weighted by molar-refractivity contribution is 7.98. The van der Waals surface area contributed by atoms with Gasteiger partial charge in [-0.1, -0.05) is 35.0 Å². The Balaban J connectivity index is 1.68. The first-order chi connectivity index (χ1) is 14.7. The molecule has 0 saturated heterocycles. The van der Waals surface area contributed by atoms with Crippen molar-refractivity contribution in [2.24, 2.45) is 0 Å². The smallest absolute Gasteiger partial charge is 0.274 e. The van der Waals surface area contributed by atoms with Crippen molar-refractivity contribution in [3.63, 3.8) is 0 Å². The van der Waals surface area contributed by atoms with E-state index in [0.29, 0.717) is 23.0 Å². The highest BCUT2D eigenvalue weighted by Gasteiger charge is 2.23. The van der Waals surface area contributed by atoms with E-state index >= 15 is 0 Å². The summed E-state index contributed by atoms with van der Waals surface area (Å²) >= 11 is 7.68. The molecule has 2 aromatic heterocycles. The maximum atomic E-state index is 13.0. The second kappa shape index (κ2) is 9.11. The predicted molar refractivity (Wildman–Crippen MR) is 119 cm³/mol. The summed E-state index contributed by atoms with van der Waals surface area (Å²) in [5.74, 6) is -0.331. The molecule has 0 aliphatic heterocycles. The molecule has 0 fully saturated rings. The van der Waals surface area contributed by atoms with Crippen LogP contribution in [0, 0.1) is 0 Å². The quantitative estimate of drug-likeness (QED) is 0.447. The van der Waals surface area contributed by atoms with Gasteiger partial charge in [0.05, 0.1) is 11.4 Å². The van der Waals surface area contributed by atoms with Crippen LogP contribution in [0.2, 0.25) is 5.02 Å². The number of rotatable bonds is 6.